The van der Waals surface area contributed by atoms with E-state index in [-0.39, 0.29) is 24.4 Å². The molecule has 6 heteroatoms. The largest absolute Gasteiger partial charge is 0.494 e. The number of nitrogens with zero attached hydrogens (tertiary/aromatic N) is 1. The standard InChI is InChI=1S/C20H30BNO4/c1-18(2,3)24-17(23)22-12-8-9-14-13-15(10-11-16(14)22)21-25-19(4,5)20(6,7)26-21/h10-11,13H,8-9,12H2,1-7H3. The van der Waals surface area contributed by atoms with E-state index in [4.69, 9.17) is 14.0 Å². The molecular formula is C20H30BNO4. The molecule has 0 N–H and O–H groups in total. The van der Waals surface area contributed by atoms with Gasteiger partial charge >= 0.3 is 13.2 Å². The van der Waals surface area contributed by atoms with E-state index >= 15 is 0 Å². The number of ether oxygens (including phenoxy) is 1. The fraction of sp³-hybridized carbons (Fsp3) is 0.650. The van der Waals surface area contributed by atoms with Gasteiger partial charge in [0.15, 0.2) is 0 Å². The number of hydrogen-bond acceptors (Lipinski definition) is 4. The van der Waals surface area contributed by atoms with Crippen molar-refractivity contribution in [3.05, 3.63) is 23.8 Å². The van der Waals surface area contributed by atoms with E-state index in [2.05, 4.69) is 33.8 Å². The third kappa shape index (κ3) is 3.62. The highest BCUT2D eigenvalue weighted by Crippen LogP contribution is 2.37. The summed E-state index contributed by atoms with van der Waals surface area (Å²) in [6.45, 7) is 14.5. The second-order valence-electron chi connectivity index (χ2n) is 9.21. The molecule has 142 valence electrons. The summed E-state index contributed by atoms with van der Waals surface area (Å²) in [5.41, 5.74) is 1.82. The SMILES string of the molecule is CC(C)(C)OC(=O)N1CCCc2cc(B3OC(C)(C)C(C)(C)O3)ccc21. The predicted octanol–water partition coefficient (Wildman–Crippen LogP) is 3.67. The Morgan fingerprint density at radius 1 is 1.15 bits per heavy atom. The van der Waals surface area contributed by atoms with Crippen molar-refractivity contribution in [2.45, 2.75) is 78.1 Å². The van der Waals surface area contributed by atoms with Gasteiger partial charge < -0.3 is 14.0 Å². The predicted molar refractivity (Wildman–Crippen MR) is 104 cm³/mol. The van der Waals surface area contributed by atoms with Gasteiger partial charge in [0.1, 0.15) is 5.60 Å². The summed E-state index contributed by atoms with van der Waals surface area (Å²) >= 11 is 0. The molecule has 5 nitrogen and oxygen atoms in total. The van der Waals surface area contributed by atoms with Crippen LogP contribution in [0.3, 0.4) is 0 Å². The number of hydrogen-bond donors (Lipinski definition) is 0. The highest BCUT2D eigenvalue weighted by molar-refractivity contribution is 6.62. The maximum atomic E-state index is 12.5. The van der Waals surface area contributed by atoms with Crippen LogP contribution >= 0.6 is 0 Å². The van der Waals surface area contributed by atoms with Crippen molar-refractivity contribution in [2.24, 2.45) is 0 Å². The van der Waals surface area contributed by atoms with Crippen LogP contribution in [0.2, 0.25) is 0 Å². The highest BCUT2D eigenvalue weighted by atomic mass is 16.7. The summed E-state index contributed by atoms with van der Waals surface area (Å²) in [5, 5.41) is 0. The maximum Gasteiger partial charge on any atom is 0.494 e. The molecule has 2 aliphatic rings. The normalized spacial score (nSPS) is 21.5. The van der Waals surface area contributed by atoms with Crippen LogP contribution in [-0.4, -0.2) is 36.6 Å². The summed E-state index contributed by atoms with van der Waals surface area (Å²) in [4.78, 5) is 14.3. The first kappa shape index (κ1) is 19.2. The first-order chi connectivity index (χ1) is 11.9. The zero-order valence-corrected chi connectivity index (χ0v) is 17.0. The summed E-state index contributed by atoms with van der Waals surface area (Å²) in [7, 11) is -0.387. The Hall–Kier alpha value is -1.53. The van der Waals surface area contributed by atoms with Gasteiger partial charge in [0.25, 0.3) is 0 Å². The van der Waals surface area contributed by atoms with E-state index in [9.17, 15) is 4.79 Å². The molecule has 0 unspecified atom stereocenters. The van der Waals surface area contributed by atoms with Gasteiger partial charge in [-0.3, -0.25) is 4.90 Å². The first-order valence-electron chi connectivity index (χ1n) is 9.39. The van der Waals surface area contributed by atoms with E-state index in [1.807, 2.05) is 32.9 Å². The number of amides is 1. The Morgan fingerprint density at radius 3 is 2.35 bits per heavy atom. The quantitative estimate of drug-likeness (QED) is 0.718. The molecule has 3 rings (SSSR count). The van der Waals surface area contributed by atoms with Gasteiger partial charge in [-0.1, -0.05) is 12.1 Å². The molecule has 0 aliphatic carbocycles. The van der Waals surface area contributed by atoms with Crippen molar-refractivity contribution < 1.29 is 18.8 Å². The van der Waals surface area contributed by atoms with Crippen LogP contribution in [-0.2, 0) is 20.5 Å². The number of carbonyl (C=O) groups is 1. The number of rotatable bonds is 1. The van der Waals surface area contributed by atoms with Gasteiger partial charge in [-0.2, -0.15) is 0 Å². The van der Waals surface area contributed by atoms with Gasteiger partial charge in [0, 0.05) is 6.54 Å². The van der Waals surface area contributed by atoms with Crippen LogP contribution in [0.1, 0.15) is 60.5 Å². The minimum absolute atomic E-state index is 0.290. The lowest BCUT2D eigenvalue weighted by atomic mass is 9.77. The Bertz CT molecular complexity index is 692. The Balaban J connectivity index is 1.84. The maximum absolute atomic E-state index is 12.5. The minimum atomic E-state index is -0.503. The van der Waals surface area contributed by atoms with Gasteiger partial charge in [0.05, 0.1) is 16.9 Å². The smallest absolute Gasteiger partial charge is 0.443 e. The third-order valence-corrected chi connectivity index (χ3v) is 5.36. The Kier molecular flexibility index (Phi) is 4.64. The van der Waals surface area contributed by atoms with Gasteiger partial charge in [-0.25, -0.2) is 4.79 Å². The number of benzene rings is 1. The average Bonchev–Trinajstić information content (AvgIpc) is 2.72. The topological polar surface area (TPSA) is 48.0 Å². The average molecular weight is 359 g/mol. The van der Waals surface area contributed by atoms with Crippen LogP contribution in [0, 0.1) is 0 Å². The van der Waals surface area contributed by atoms with Crippen LogP contribution in [0.15, 0.2) is 18.2 Å². The molecule has 1 aromatic rings. The first-order valence-corrected chi connectivity index (χ1v) is 9.39. The molecule has 0 bridgehead atoms. The van der Waals surface area contributed by atoms with E-state index in [1.54, 1.807) is 4.90 Å². The van der Waals surface area contributed by atoms with Crippen molar-refractivity contribution in [2.75, 3.05) is 11.4 Å². The summed E-state index contributed by atoms with van der Waals surface area (Å²) < 4.78 is 17.9. The number of fused-ring (bicyclic) bond motifs is 1. The molecule has 1 amide bonds. The Labute approximate surface area is 157 Å². The van der Waals surface area contributed by atoms with E-state index in [0.29, 0.717) is 6.54 Å². The number of aryl methyl sites for hydroxylation is 1. The summed E-state index contributed by atoms with van der Waals surface area (Å²) in [6.07, 6.45) is 1.56. The zero-order chi connectivity index (χ0) is 19.3. The van der Waals surface area contributed by atoms with Crippen LogP contribution < -0.4 is 10.4 Å². The van der Waals surface area contributed by atoms with Gasteiger partial charge in [-0.05, 0) is 78.4 Å². The molecule has 2 heterocycles. The third-order valence-electron chi connectivity index (χ3n) is 5.36. The fourth-order valence-corrected chi connectivity index (χ4v) is 3.25. The van der Waals surface area contributed by atoms with Crippen LogP contribution in [0.25, 0.3) is 0 Å². The Morgan fingerprint density at radius 2 is 1.77 bits per heavy atom. The molecule has 2 aliphatic heterocycles. The molecular weight excluding hydrogens is 329 g/mol. The molecule has 0 aromatic heterocycles. The lowest BCUT2D eigenvalue weighted by Crippen LogP contribution is -2.41. The number of carbonyl (C=O) groups excluding carboxylic acids is 1. The van der Waals surface area contributed by atoms with Crippen LogP contribution in [0.4, 0.5) is 10.5 Å². The fourth-order valence-electron chi connectivity index (χ4n) is 3.25. The van der Waals surface area contributed by atoms with E-state index < -0.39 is 5.60 Å². The molecule has 1 fully saturated rings. The highest BCUT2D eigenvalue weighted by Gasteiger charge is 2.51. The number of anilines is 1. The molecule has 26 heavy (non-hydrogen) atoms. The van der Waals surface area contributed by atoms with Crippen LogP contribution in [0.5, 0.6) is 0 Å². The molecule has 1 saturated heterocycles. The monoisotopic (exact) mass is 359 g/mol. The van der Waals surface area contributed by atoms with E-state index in [1.165, 1.54) is 0 Å². The lowest BCUT2D eigenvalue weighted by molar-refractivity contribution is 0.00578. The molecule has 0 saturated carbocycles. The zero-order valence-electron chi connectivity index (χ0n) is 17.0. The van der Waals surface area contributed by atoms with Crippen molar-refractivity contribution >= 4 is 24.4 Å². The second kappa shape index (κ2) is 6.27. The minimum Gasteiger partial charge on any atom is -0.443 e. The van der Waals surface area contributed by atoms with E-state index in [0.717, 1.165) is 29.6 Å². The molecule has 0 spiro atoms. The van der Waals surface area contributed by atoms with Crippen molar-refractivity contribution in [3.8, 4) is 0 Å². The molecule has 1 aromatic carbocycles. The lowest BCUT2D eigenvalue weighted by Gasteiger charge is -2.32. The molecule has 0 atom stereocenters. The van der Waals surface area contributed by atoms with Crippen molar-refractivity contribution in [1.29, 1.82) is 0 Å². The summed E-state index contributed by atoms with van der Waals surface area (Å²) in [5.74, 6) is 0. The van der Waals surface area contributed by atoms with Gasteiger partial charge in [0.2, 0.25) is 0 Å². The van der Waals surface area contributed by atoms with Crippen molar-refractivity contribution in [3.63, 3.8) is 0 Å². The van der Waals surface area contributed by atoms with Gasteiger partial charge in [-0.15, -0.1) is 0 Å². The second-order valence-corrected chi connectivity index (χ2v) is 9.21. The summed E-state index contributed by atoms with van der Waals surface area (Å²) in [6, 6.07) is 6.08. The molecule has 0 radical (unpaired) electrons. The van der Waals surface area contributed by atoms with Crippen molar-refractivity contribution in [1.82, 2.24) is 0 Å².